The number of nitrogens with zero attached hydrogens (tertiary/aromatic N) is 2. The van der Waals surface area contributed by atoms with Crippen molar-refractivity contribution >= 4 is 35.0 Å². The van der Waals surface area contributed by atoms with Crippen LogP contribution in [0.4, 0.5) is 18.9 Å². The molecule has 1 aromatic carbocycles. The molecule has 2 aliphatic rings. The third-order valence-corrected chi connectivity index (χ3v) is 4.87. The Labute approximate surface area is 158 Å². The van der Waals surface area contributed by atoms with Crippen molar-refractivity contribution in [2.24, 2.45) is 0 Å². The zero-order chi connectivity index (χ0) is 18.6. The third-order valence-electron chi connectivity index (χ3n) is 4.87. The van der Waals surface area contributed by atoms with Gasteiger partial charge in [-0.25, -0.2) is 18.0 Å². The average Bonchev–Trinajstić information content (AvgIpc) is 3.45. The largest absolute Gasteiger partial charge is 0.477 e. The van der Waals surface area contributed by atoms with Gasteiger partial charge in [-0.05, 0) is 12.8 Å². The monoisotopic (exact) mass is 403 g/mol. The first-order valence-corrected chi connectivity index (χ1v) is 8.36. The topological polar surface area (TPSA) is 74.6 Å². The normalized spacial score (nSPS) is 17.1. The summed E-state index contributed by atoms with van der Waals surface area (Å²) in [5, 5.41) is 11.4. The first-order chi connectivity index (χ1) is 12.4. The molecule has 2 fully saturated rings. The highest BCUT2D eigenvalue weighted by Gasteiger charge is 2.33. The van der Waals surface area contributed by atoms with Gasteiger partial charge in [0.1, 0.15) is 11.3 Å². The van der Waals surface area contributed by atoms with Crippen molar-refractivity contribution in [2.75, 3.05) is 31.1 Å². The van der Waals surface area contributed by atoms with E-state index in [2.05, 4.69) is 5.32 Å². The first kappa shape index (κ1) is 19.5. The van der Waals surface area contributed by atoms with Crippen LogP contribution in [0.1, 0.15) is 29.2 Å². The molecule has 1 aromatic heterocycles. The number of hydrogen-bond acceptors (Lipinski definition) is 4. The van der Waals surface area contributed by atoms with Crippen LogP contribution in [-0.4, -0.2) is 41.8 Å². The summed E-state index contributed by atoms with van der Waals surface area (Å²) in [7, 11) is 0. The Bertz CT molecular complexity index is 985. The number of rotatable bonds is 3. The fourth-order valence-corrected chi connectivity index (χ4v) is 3.44. The highest BCUT2D eigenvalue weighted by atomic mass is 35.5. The Hall–Kier alpha value is -2.26. The van der Waals surface area contributed by atoms with E-state index >= 15 is 4.39 Å². The predicted octanol–water partition coefficient (Wildman–Crippen LogP) is 2.28. The van der Waals surface area contributed by atoms with Gasteiger partial charge in [-0.2, -0.15) is 0 Å². The molecule has 0 bridgehead atoms. The Morgan fingerprint density at radius 2 is 1.74 bits per heavy atom. The van der Waals surface area contributed by atoms with Gasteiger partial charge in [0, 0.05) is 38.4 Å². The van der Waals surface area contributed by atoms with Gasteiger partial charge in [0.15, 0.2) is 17.5 Å². The van der Waals surface area contributed by atoms with Crippen molar-refractivity contribution in [3.05, 3.63) is 39.4 Å². The molecule has 1 aliphatic heterocycles. The van der Waals surface area contributed by atoms with Crippen LogP contribution in [-0.2, 0) is 0 Å². The fourth-order valence-electron chi connectivity index (χ4n) is 3.44. The second-order valence-corrected chi connectivity index (χ2v) is 6.57. The number of anilines is 1. The van der Waals surface area contributed by atoms with Gasteiger partial charge in [-0.15, -0.1) is 12.4 Å². The number of halogens is 4. The summed E-state index contributed by atoms with van der Waals surface area (Å²) < 4.78 is 46.0. The number of benzene rings is 1. The van der Waals surface area contributed by atoms with E-state index in [0.717, 1.165) is 6.20 Å². The highest BCUT2D eigenvalue weighted by molar-refractivity contribution is 5.94. The fraction of sp³-hybridized carbons (Fsp3) is 0.412. The van der Waals surface area contributed by atoms with Crippen LogP contribution in [0.3, 0.4) is 0 Å². The van der Waals surface area contributed by atoms with Crippen LogP contribution in [0, 0.1) is 17.5 Å². The van der Waals surface area contributed by atoms with Crippen LogP contribution >= 0.6 is 12.4 Å². The van der Waals surface area contributed by atoms with Crippen molar-refractivity contribution in [1.82, 2.24) is 9.88 Å². The minimum Gasteiger partial charge on any atom is -0.477 e. The zero-order valence-corrected chi connectivity index (χ0v) is 14.9. The molecule has 27 heavy (non-hydrogen) atoms. The molecule has 2 heterocycles. The lowest BCUT2D eigenvalue weighted by Gasteiger charge is -2.30. The molecule has 10 heteroatoms. The van der Waals surface area contributed by atoms with E-state index in [9.17, 15) is 23.5 Å². The Morgan fingerprint density at radius 1 is 1.11 bits per heavy atom. The summed E-state index contributed by atoms with van der Waals surface area (Å²) in [5.41, 5.74) is -2.79. The minimum atomic E-state index is -1.56. The summed E-state index contributed by atoms with van der Waals surface area (Å²) in [6.07, 6.45) is 2.34. The maximum Gasteiger partial charge on any atom is 0.341 e. The summed E-state index contributed by atoms with van der Waals surface area (Å²) in [6.45, 7) is 1.57. The SMILES string of the molecule is Cl.O=C(O)c1cn(C2CC2)c2c(F)c(N3CCNCC3)c(F)c(F)c2c1=O. The quantitative estimate of drug-likeness (QED) is 0.769. The van der Waals surface area contributed by atoms with Crippen molar-refractivity contribution in [1.29, 1.82) is 0 Å². The van der Waals surface area contributed by atoms with E-state index in [1.54, 1.807) is 0 Å². The molecular formula is C17H17ClF3N3O3. The van der Waals surface area contributed by atoms with Gasteiger partial charge in [-0.1, -0.05) is 0 Å². The molecule has 0 unspecified atom stereocenters. The average molecular weight is 404 g/mol. The molecule has 4 rings (SSSR count). The van der Waals surface area contributed by atoms with Gasteiger partial charge < -0.3 is 19.9 Å². The van der Waals surface area contributed by atoms with E-state index in [-0.39, 0.29) is 24.0 Å². The maximum atomic E-state index is 15.3. The third kappa shape index (κ3) is 3.04. The second-order valence-electron chi connectivity index (χ2n) is 6.57. The van der Waals surface area contributed by atoms with E-state index in [0.29, 0.717) is 39.0 Å². The maximum absolute atomic E-state index is 15.3. The van der Waals surface area contributed by atoms with E-state index in [1.807, 2.05) is 0 Å². The van der Waals surface area contributed by atoms with Crippen LogP contribution in [0.25, 0.3) is 10.9 Å². The molecule has 2 aromatic rings. The lowest BCUT2D eigenvalue weighted by Crippen LogP contribution is -2.44. The van der Waals surface area contributed by atoms with E-state index in [4.69, 9.17) is 0 Å². The van der Waals surface area contributed by atoms with Gasteiger partial charge in [0.25, 0.3) is 0 Å². The van der Waals surface area contributed by atoms with Crippen LogP contribution in [0.5, 0.6) is 0 Å². The molecule has 2 N–H and O–H groups in total. The minimum absolute atomic E-state index is 0. The Morgan fingerprint density at radius 3 is 2.30 bits per heavy atom. The molecule has 1 saturated heterocycles. The number of hydrogen-bond donors (Lipinski definition) is 2. The summed E-state index contributed by atoms with van der Waals surface area (Å²) in [4.78, 5) is 25.1. The van der Waals surface area contributed by atoms with Gasteiger partial charge in [0.05, 0.1) is 10.9 Å². The number of pyridine rings is 1. The second kappa shape index (κ2) is 7.05. The molecule has 0 atom stereocenters. The summed E-state index contributed by atoms with van der Waals surface area (Å²) >= 11 is 0. The number of nitrogens with one attached hydrogen (secondary N) is 1. The Kier molecular flexibility index (Phi) is 5.09. The van der Waals surface area contributed by atoms with E-state index < -0.39 is 45.5 Å². The first-order valence-electron chi connectivity index (χ1n) is 8.36. The van der Waals surface area contributed by atoms with Crippen molar-refractivity contribution in [3.8, 4) is 0 Å². The zero-order valence-electron chi connectivity index (χ0n) is 14.1. The molecule has 0 spiro atoms. The van der Waals surface area contributed by atoms with Crippen molar-refractivity contribution in [2.45, 2.75) is 18.9 Å². The number of carboxylic acid groups (broad SMARTS) is 1. The van der Waals surface area contributed by atoms with Crippen molar-refractivity contribution < 1.29 is 23.1 Å². The van der Waals surface area contributed by atoms with Crippen molar-refractivity contribution in [3.63, 3.8) is 0 Å². The number of aromatic carboxylic acids is 1. The molecule has 1 aliphatic carbocycles. The van der Waals surface area contributed by atoms with Crippen LogP contribution in [0.2, 0.25) is 0 Å². The Balaban J connectivity index is 0.00000210. The molecule has 0 amide bonds. The van der Waals surface area contributed by atoms with Crippen LogP contribution < -0.4 is 15.6 Å². The van der Waals surface area contributed by atoms with Gasteiger partial charge in [0.2, 0.25) is 5.43 Å². The summed E-state index contributed by atoms with van der Waals surface area (Å²) in [6, 6.07) is -0.230. The number of fused-ring (bicyclic) bond motifs is 1. The molecule has 6 nitrogen and oxygen atoms in total. The van der Waals surface area contributed by atoms with Crippen LogP contribution in [0.15, 0.2) is 11.0 Å². The predicted molar refractivity (Wildman–Crippen MR) is 95.6 cm³/mol. The highest BCUT2D eigenvalue weighted by Crippen LogP contribution is 2.40. The molecule has 146 valence electrons. The molecule has 1 saturated carbocycles. The smallest absolute Gasteiger partial charge is 0.341 e. The molecular weight excluding hydrogens is 387 g/mol. The molecule has 0 radical (unpaired) electrons. The lowest BCUT2D eigenvalue weighted by molar-refractivity contribution is 0.0694. The number of carboxylic acids is 1. The standard InChI is InChI=1S/C17H16F3N3O3.ClH/c18-11-10-14(13(20)15(12(11)19)22-5-3-21-4-6-22)23(8-1-2-8)7-9(16(10)24)17(25)26;/h7-8,21H,1-6H2,(H,25,26);1H. The number of aromatic nitrogens is 1. The van der Waals surface area contributed by atoms with Gasteiger partial charge in [-0.3, -0.25) is 4.79 Å². The number of piperazine rings is 1. The summed E-state index contributed by atoms with van der Waals surface area (Å²) in [5.74, 6) is -5.55. The lowest BCUT2D eigenvalue weighted by atomic mass is 10.1. The van der Waals surface area contributed by atoms with E-state index in [1.165, 1.54) is 9.47 Å². The number of carbonyl (C=O) groups is 1. The van der Waals surface area contributed by atoms with Gasteiger partial charge >= 0.3 is 5.97 Å².